The van der Waals surface area contributed by atoms with E-state index in [1.807, 2.05) is 0 Å². The molecule has 0 heterocycles. The van der Waals surface area contributed by atoms with Crippen molar-refractivity contribution in [3.63, 3.8) is 0 Å². The van der Waals surface area contributed by atoms with E-state index in [-0.39, 0.29) is 41.5 Å². The highest BCUT2D eigenvalue weighted by atomic mass is 35.5. The predicted molar refractivity (Wildman–Crippen MR) is 82.8 cm³/mol. The molecule has 18 heavy (non-hydrogen) atoms. The van der Waals surface area contributed by atoms with Gasteiger partial charge in [-0.3, -0.25) is 0 Å². The van der Waals surface area contributed by atoms with Gasteiger partial charge >= 0.3 is 0 Å². The second-order valence-corrected chi connectivity index (χ2v) is 5.73. The van der Waals surface area contributed by atoms with Gasteiger partial charge in [0.15, 0.2) is 0 Å². The van der Waals surface area contributed by atoms with E-state index in [0.29, 0.717) is 10.8 Å². The molecule has 2 aromatic carbocycles. The molecule has 0 fully saturated rings. The average molecular weight is 365 g/mol. The van der Waals surface area contributed by atoms with Gasteiger partial charge in [-0.25, -0.2) is 0 Å². The van der Waals surface area contributed by atoms with Gasteiger partial charge in [0.25, 0.3) is 0 Å². The molecule has 2 aromatic rings. The molecule has 0 amide bonds. The zero-order chi connectivity index (χ0) is 13.8. The predicted octanol–water partition coefficient (Wildman–Crippen LogP) is 5.92. The molecule has 0 saturated heterocycles. The first-order chi connectivity index (χ1) is 8.29. The van der Waals surface area contributed by atoms with Gasteiger partial charge in [-0.15, -0.1) is 0 Å². The van der Waals surface area contributed by atoms with Crippen molar-refractivity contribution in [2.24, 2.45) is 0 Å². The lowest BCUT2D eigenvalue weighted by Crippen LogP contribution is -1.98. The Morgan fingerprint density at radius 3 is 1.11 bits per heavy atom. The summed E-state index contributed by atoms with van der Waals surface area (Å²) in [4.78, 5) is 0. The quantitative estimate of drug-likeness (QED) is 0.450. The summed E-state index contributed by atoms with van der Waals surface area (Å²) in [6.45, 7) is 0. The second-order valence-electron chi connectivity index (χ2n) is 3.46. The average Bonchev–Trinajstić information content (AvgIpc) is 2.35. The maximum Gasteiger partial charge on any atom is 0.0844 e. The van der Waals surface area contributed by atoms with Crippen LogP contribution < -0.4 is 11.5 Å². The van der Waals surface area contributed by atoms with Crippen LogP contribution in [0.25, 0.3) is 10.8 Å². The van der Waals surface area contributed by atoms with E-state index in [1.165, 1.54) is 0 Å². The molecule has 0 spiro atoms. The van der Waals surface area contributed by atoms with Crippen molar-refractivity contribution >= 4 is 91.8 Å². The zero-order valence-corrected chi connectivity index (χ0v) is 13.0. The smallest absolute Gasteiger partial charge is 0.0844 e. The van der Waals surface area contributed by atoms with Crippen molar-refractivity contribution in [2.45, 2.75) is 0 Å². The first-order valence-corrected chi connectivity index (χ1v) is 6.73. The minimum Gasteiger partial charge on any atom is -0.397 e. The first kappa shape index (κ1) is 14.4. The monoisotopic (exact) mass is 362 g/mol. The maximum absolute atomic E-state index is 6.09. The van der Waals surface area contributed by atoms with Crippen molar-refractivity contribution in [1.82, 2.24) is 0 Å². The summed E-state index contributed by atoms with van der Waals surface area (Å²) >= 11 is 36.0. The number of hydrogen-bond acceptors (Lipinski definition) is 2. The van der Waals surface area contributed by atoms with E-state index < -0.39 is 0 Å². The summed E-state index contributed by atoms with van der Waals surface area (Å²) in [5.41, 5.74) is 12.0. The molecular weight excluding hydrogens is 361 g/mol. The van der Waals surface area contributed by atoms with E-state index in [2.05, 4.69) is 0 Å². The van der Waals surface area contributed by atoms with Gasteiger partial charge in [0, 0.05) is 10.8 Å². The van der Waals surface area contributed by atoms with Gasteiger partial charge in [-0.1, -0.05) is 69.6 Å². The Morgan fingerprint density at radius 2 is 0.778 bits per heavy atom. The fraction of sp³-hybridized carbons (Fsp3) is 0. The number of hydrogen-bond donors (Lipinski definition) is 2. The van der Waals surface area contributed by atoms with Crippen molar-refractivity contribution < 1.29 is 0 Å². The summed E-state index contributed by atoms with van der Waals surface area (Å²) in [6.07, 6.45) is 0. The topological polar surface area (TPSA) is 52.0 Å². The summed E-state index contributed by atoms with van der Waals surface area (Å²) in [6, 6.07) is 0. The van der Waals surface area contributed by atoms with E-state index in [9.17, 15) is 0 Å². The zero-order valence-electron chi connectivity index (χ0n) is 8.42. The molecule has 0 aliphatic rings. The molecule has 0 atom stereocenters. The summed E-state index contributed by atoms with van der Waals surface area (Å²) in [7, 11) is 0. The van der Waals surface area contributed by atoms with Crippen LogP contribution in [0.15, 0.2) is 0 Å². The lowest BCUT2D eigenvalue weighted by molar-refractivity contribution is 1.70. The van der Waals surface area contributed by atoms with Crippen molar-refractivity contribution in [3.05, 3.63) is 30.1 Å². The van der Waals surface area contributed by atoms with Crippen LogP contribution in [0.3, 0.4) is 0 Å². The van der Waals surface area contributed by atoms with E-state index >= 15 is 0 Å². The van der Waals surface area contributed by atoms with Crippen LogP contribution in [-0.2, 0) is 0 Å². The van der Waals surface area contributed by atoms with Crippen LogP contribution in [0, 0.1) is 0 Å². The van der Waals surface area contributed by atoms with Gasteiger partial charge < -0.3 is 11.5 Å². The van der Waals surface area contributed by atoms with Gasteiger partial charge in [0.1, 0.15) is 0 Å². The minimum absolute atomic E-state index is 0.0861. The lowest BCUT2D eigenvalue weighted by Gasteiger charge is -2.15. The molecule has 8 heteroatoms. The molecule has 0 bridgehead atoms. The normalized spacial score (nSPS) is 11.2. The number of rotatable bonds is 0. The molecule has 0 unspecified atom stereocenters. The first-order valence-electron chi connectivity index (χ1n) is 4.46. The minimum atomic E-state index is 0.0861. The van der Waals surface area contributed by atoms with Crippen LogP contribution in [0.4, 0.5) is 11.4 Å². The Labute approximate surface area is 133 Å². The number of fused-ring (bicyclic) bond motifs is 1. The summed E-state index contributed by atoms with van der Waals surface area (Å²) in [5, 5.41) is 1.28. The Balaban J connectivity index is 3.22. The standard InChI is InChI=1S/C10H4Cl6N2/c11-3-1-2(9(17)7(15)5(3)13)10(18)8(16)6(14)4(1)12/h17-18H2. The van der Waals surface area contributed by atoms with Crippen LogP contribution >= 0.6 is 69.6 Å². The molecule has 2 rings (SSSR count). The Morgan fingerprint density at radius 1 is 0.444 bits per heavy atom. The molecule has 0 radical (unpaired) electrons. The largest absolute Gasteiger partial charge is 0.397 e. The third kappa shape index (κ3) is 1.87. The Bertz CT molecular complexity index is 569. The fourth-order valence-electron chi connectivity index (χ4n) is 1.60. The number of nitrogens with two attached hydrogens (primary N) is 2. The highest BCUT2D eigenvalue weighted by Gasteiger charge is 2.22. The number of benzene rings is 2. The summed E-state index contributed by atoms with van der Waals surface area (Å²) < 4.78 is 0. The van der Waals surface area contributed by atoms with Crippen molar-refractivity contribution in [3.8, 4) is 0 Å². The van der Waals surface area contributed by atoms with Crippen LogP contribution in [0.5, 0.6) is 0 Å². The SMILES string of the molecule is Nc1c(Cl)c(Cl)c(Cl)c2c(Cl)c(Cl)c(Cl)c(N)c12. The lowest BCUT2D eigenvalue weighted by atomic mass is 10.1. The summed E-state index contributed by atoms with van der Waals surface area (Å²) in [5.74, 6) is 0. The van der Waals surface area contributed by atoms with Crippen molar-refractivity contribution in [2.75, 3.05) is 11.5 Å². The van der Waals surface area contributed by atoms with E-state index in [1.54, 1.807) is 0 Å². The molecule has 4 N–H and O–H groups in total. The number of anilines is 2. The fourth-order valence-corrected chi connectivity index (χ4v) is 3.08. The van der Waals surface area contributed by atoms with Gasteiger partial charge in [-0.2, -0.15) is 0 Å². The highest BCUT2D eigenvalue weighted by molar-refractivity contribution is 6.57. The van der Waals surface area contributed by atoms with E-state index in [4.69, 9.17) is 81.1 Å². The molecule has 0 aliphatic carbocycles. The van der Waals surface area contributed by atoms with Crippen LogP contribution in [0.1, 0.15) is 0 Å². The molecular formula is C10H4Cl6N2. The van der Waals surface area contributed by atoms with Gasteiger partial charge in [0.2, 0.25) is 0 Å². The molecule has 0 aromatic heterocycles. The highest BCUT2D eigenvalue weighted by Crippen LogP contribution is 2.51. The molecule has 0 saturated carbocycles. The van der Waals surface area contributed by atoms with Crippen molar-refractivity contribution in [1.29, 1.82) is 0 Å². The Kier molecular flexibility index (Phi) is 3.90. The number of nitrogen functional groups attached to an aromatic ring is 2. The van der Waals surface area contributed by atoms with Crippen LogP contribution in [-0.4, -0.2) is 0 Å². The molecule has 2 nitrogen and oxygen atoms in total. The third-order valence-corrected chi connectivity index (χ3v) is 5.16. The van der Waals surface area contributed by atoms with Gasteiger partial charge in [-0.05, 0) is 0 Å². The third-order valence-electron chi connectivity index (χ3n) is 2.47. The van der Waals surface area contributed by atoms with Gasteiger partial charge in [0.05, 0.1) is 41.5 Å². The molecule has 0 aliphatic heterocycles. The molecule has 96 valence electrons. The Hall–Kier alpha value is 0.0400. The number of halogens is 6. The van der Waals surface area contributed by atoms with E-state index in [0.717, 1.165) is 0 Å². The van der Waals surface area contributed by atoms with Crippen LogP contribution in [0.2, 0.25) is 30.1 Å². The maximum atomic E-state index is 6.09. The second kappa shape index (κ2) is 4.86.